The van der Waals surface area contributed by atoms with E-state index in [1.54, 1.807) is 21.3 Å². The lowest BCUT2D eigenvalue weighted by Gasteiger charge is -2.43. The van der Waals surface area contributed by atoms with Crippen LogP contribution in [0.2, 0.25) is 0 Å². The number of hydrogen-bond acceptors (Lipinski definition) is 3. The van der Waals surface area contributed by atoms with Gasteiger partial charge in [-0.1, -0.05) is 41.9 Å². The molecule has 1 rings (SSSR count). The van der Waals surface area contributed by atoms with Gasteiger partial charge >= 0.3 is 8.80 Å². The van der Waals surface area contributed by atoms with Crippen LogP contribution in [0.5, 0.6) is 0 Å². The first-order chi connectivity index (χ1) is 9.05. The van der Waals surface area contributed by atoms with Crippen LogP contribution < -0.4 is 0 Å². The molecule has 0 amide bonds. The molecule has 0 N–H and O–H groups in total. The molecule has 0 radical (unpaired) electrons. The van der Waals surface area contributed by atoms with Gasteiger partial charge in [0.25, 0.3) is 0 Å². The molecule has 0 bridgehead atoms. The van der Waals surface area contributed by atoms with Crippen molar-refractivity contribution in [3.63, 3.8) is 0 Å². The van der Waals surface area contributed by atoms with E-state index in [1.165, 1.54) is 5.56 Å². The Morgan fingerprint density at radius 3 is 1.95 bits per heavy atom. The molecule has 108 valence electrons. The van der Waals surface area contributed by atoms with Gasteiger partial charge in [-0.05, 0) is 30.5 Å². The normalized spacial score (nSPS) is 12.7. The molecule has 5 heteroatoms. The lowest BCUT2D eigenvalue weighted by atomic mass is 9.92. The molecule has 0 aromatic heterocycles. The van der Waals surface area contributed by atoms with Gasteiger partial charge in [0.05, 0.1) is 5.04 Å². The van der Waals surface area contributed by atoms with Gasteiger partial charge in [0, 0.05) is 25.8 Å². The van der Waals surface area contributed by atoms with Gasteiger partial charge in [-0.15, -0.1) is 0 Å². The lowest BCUT2D eigenvalue weighted by Crippen LogP contribution is -2.61. The molecular formula is C14H23BrO3Si. The van der Waals surface area contributed by atoms with Gasteiger partial charge < -0.3 is 13.3 Å². The highest BCUT2D eigenvalue weighted by Crippen LogP contribution is 2.42. The molecule has 0 aliphatic rings. The highest BCUT2D eigenvalue weighted by atomic mass is 79.9. The van der Waals surface area contributed by atoms with E-state index in [1.807, 2.05) is 12.1 Å². The van der Waals surface area contributed by atoms with Crippen molar-refractivity contribution in [2.45, 2.75) is 31.7 Å². The Morgan fingerprint density at radius 1 is 1.05 bits per heavy atom. The standard InChI is InChI=1S/C14H23BrO3Si/c1-6-14(7-2,19(16-3,17-4)18-5)12-9-8-10-13(15)11-12/h8-11H,6-7H2,1-5H3. The Labute approximate surface area is 125 Å². The van der Waals surface area contributed by atoms with Crippen LogP contribution in [0.3, 0.4) is 0 Å². The summed E-state index contributed by atoms with van der Waals surface area (Å²) in [6.45, 7) is 4.31. The topological polar surface area (TPSA) is 27.7 Å². The SMILES string of the molecule is CCC(CC)(c1cccc(Br)c1)[Si](OC)(OC)OC. The fourth-order valence-electron chi connectivity index (χ4n) is 2.89. The van der Waals surface area contributed by atoms with Gasteiger partial charge in [-0.2, -0.15) is 0 Å². The largest absolute Gasteiger partial charge is 0.511 e. The minimum atomic E-state index is -2.78. The fraction of sp³-hybridized carbons (Fsp3) is 0.571. The molecule has 0 fully saturated rings. The Kier molecular flexibility index (Phi) is 6.20. The van der Waals surface area contributed by atoms with Crippen molar-refractivity contribution >= 4 is 24.7 Å². The minimum absolute atomic E-state index is 0.227. The Bertz CT molecular complexity index is 395. The van der Waals surface area contributed by atoms with E-state index in [0.717, 1.165) is 17.3 Å². The highest BCUT2D eigenvalue weighted by Gasteiger charge is 2.58. The van der Waals surface area contributed by atoms with E-state index in [9.17, 15) is 0 Å². The van der Waals surface area contributed by atoms with E-state index in [0.29, 0.717) is 0 Å². The molecule has 0 heterocycles. The lowest BCUT2D eigenvalue weighted by molar-refractivity contribution is 0.0868. The van der Waals surface area contributed by atoms with E-state index in [-0.39, 0.29) is 5.04 Å². The predicted molar refractivity (Wildman–Crippen MR) is 83.2 cm³/mol. The molecule has 0 saturated carbocycles. The van der Waals surface area contributed by atoms with Gasteiger partial charge in [0.2, 0.25) is 0 Å². The summed E-state index contributed by atoms with van der Waals surface area (Å²) < 4.78 is 18.3. The second kappa shape index (κ2) is 6.99. The van der Waals surface area contributed by atoms with Crippen LogP contribution in [0.15, 0.2) is 28.7 Å². The van der Waals surface area contributed by atoms with E-state index in [2.05, 4.69) is 41.9 Å². The summed E-state index contributed by atoms with van der Waals surface area (Å²) >= 11 is 3.54. The first-order valence-corrected chi connectivity index (χ1v) is 8.99. The minimum Gasteiger partial charge on any atom is -0.376 e. The molecule has 0 spiro atoms. The second-order valence-corrected chi connectivity index (χ2v) is 8.68. The molecule has 0 atom stereocenters. The van der Waals surface area contributed by atoms with Crippen LogP contribution in [0.4, 0.5) is 0 Å². The third kappa shape index (κ3) is 2.80. The van der Waals surface area contributed by atoms with Gasteiger partial charge in [-0.25, -0.2) is 0 Å². The molecule has 3 nitrogen and oxygen atoms in total. The smallest absolute Gasteiger partial charge is 0.376 e. The summed E-state index contributed by atoms with van der Waals surface area (Å²) in [5.74, 6) is 0. The van der Waals surface area contributed by atoms with Crippen LogP contribution in [-0.4, -0.2) is 30.1 Å². The highest BCUT2D eigenvalue weighted by molar-refractivity contribution is 9.10. The van der Waals surface area contributed by atoms with Crippen molar-refractivity contribution in [2.75, 3.05) is 21.3 Å². The maximum atomic E-state index is 5.76. The van der Waals surface area contributed by atoms with Gasteiger partial charge in [0.1, 0.15) is 0 Å². The molecule has 0 aliphatic carbocycles. The zero-order valence-corrected chi connectivity index (χ0v) is 14.9. The summed E-state index contributed by atoms with van der Waals surface area (Å²) in [4.78, 5) is 0. The van der Waals surface area contributed by atoms with Gasteiger partial charge in [-0.3, -0.25) is 0 Å². The summed E-state index contributed by atoms with van der Waals surface area (Å²) in [6, 6.07) is 8.32. The number of halogens is 1. The fourth-order valence-corrected chi connectivity index (χ4v) is 6.34. The Balaban J connectivity index is 3.46. The van der Waals surface area contributed by atoms with Crippen LogP contribution in [-0.2, 0) is 18.3 Å². The third-order valence-electron chi connectivity index (χ3n) is 3.98. The average Bonchev–Trinajstić information content (AvgIpc) is 2.45. The van der Waals surface area contributed by atoms with Crippen molar-refractivity contribution in [1.82, 2.24) is 0 Å². The molecule has 1 aromatic rings. The third-order valence-corrected chi connectivity index (χ3v) is 8.25. The van der Waals surface area contributed by atoms with Crippen molar-refractivity contribution in [3.8, 4) is 0 Å². The quantitative estimate of drug-likeness (QED) is 0.700. The first-order valence-electron chi connectivity index (χ1n) is 6.47. The van der Waals surface area contributed by atoms with Crippen LogP contribution in [0.25, 0.3) is 0 Å². The number of hydrogen-bond donors (Lipinski definition) is 0. The molecule has 0 saturated heterocycles. The van der Waals surface area contributed by atoms with Crippen LogP contribution in [0, 0.1) is 0 Å². The van der Waals surface area contributed by atoms with Gasteiger partial charge in [0.15, 0.2) is 0 Å². The monoisotopic (exact) mass is 346 g/mol. The number of benzene rings is 1. The zero-order valence-electron chi connectivity index (χ0n) is 12.3. The first kappa shape index (κ1) is 16.9. The van der Waals surface area contributed by atoms with Crippen molar-refractivity contribution in [2.24, 2.45) is 0 Å². The molecule has 19 heavy (non-hydrogen) atoms. The average molecular weight is 347 g/mol. The Hall–Kier alpha value is -0.203. The summed E-state index contributed by atoms with van der Waals surface area (Å²) in [7, 11) is 2.25. The maximum absolute atomic E-state index is 5.76. The summed E-state index contributed by atoms with van der Waals surface area (Å²) in [6.07, 6.45) is 1.81. The van der Waals surface area contributed by atoms with E-state index < -0.39 is 8.80 Å². The molecule has 0 aliphatic heterocycles. The second-order valence-electron chi connectivity index (χ2n) is 4.47. The summed E-state index contributed by atoms with van der Waals surface area (Å²) in [5.41, 5.74) is 1.20. The maximum Gasteiger partial charge on any atom is 0.511 e. The van der Waals surface area contributed by atoms with Crippen LogP contribution in [0.1, 0.15) is 32.3 Å². The Morgan fingerprint density at radius 2 is 1.58 bits per heavy atom. The van der Waals surface area contributed by atoms with E-state index in [4.69, 9.17) is 13.3 Å². The molecular weight excluding hydrogens is 324 g/mol. The van der Waals surface area contributed by atoms with Crippen molar-refractivity contribution < 1.29 is 13.3 Å². The zero-order chi connectivity index (χ0) is 14.5. The van der Waals surface area contributed by atoms with Crippen LogP contribution >= 0.6 is 15.9 Å². The molecule has 1 aromatic carbocycles. The summed E-state index contributed by atoms with van der Waals surface area (Å²) in [5, 5.41) is -0.227. The van der Waals surface area contributed by atoms with Crippen molar-refractivity contribution in [1.29, 1.82) is 0 Å². The predicted octanol–water partition coefficient (Wildman–Crippen LogP) is 3.92. The van der Waals surface area contributed by atoms with Crippen molar-refractivity contribution in [3.05, 3.63) is 34.3 Å². The number of rotatable bonds is 7. The van der Waals surface area contributed by atoms with E-state index >= 15 is 0 Å². The molecule has 0 unspecified atom stereocenters.